The van der Waals surface area contributed by atoms with Gasteiger partial charge in [0.15, 0.2) is 0 Å². The lowest BCUT2D eigenvalue weighted by molar-refractivity contribution is -0.138. The molecule has 0 bridgehead atoms. The van der Waals surface area contributed by atoms with Crippen molar-refractivity contribution >= 4 is 12.1 Å². The Morgan fingerprint density at radius 3 is 2.29 bits per heavy atom. The number of carboxylic acids is 1. The van der Waals surface area contributed by atoms with E-state index in [1.165, 1.54) is 7.11 Å². The molecule has 21 heavy (non-hydrogen) atoms. The Labute approximate surface area is 127 Å². The first kappa shape index (κ1) is 17.8. The molecule has 5 nitrogen and oxygen atoms in total. The third-order valence-electron chi connectivity index (χ3n) is 4.53. The van der Waals surface area contributed by atoms with Gasteiger partial charge in [0.1, 0.15) is 0 Å². The van der Waals surface area contributed by atoms with Crippen molar-refractivity contribution in [1.82, 2.24) is 4.90 Å². The molecule has 0 aromatic rings. The van der Waals surface area contributed by atoms with E-state index in [0.29, 0.717) is 11.8 Å². The van der Waals surface area contributed by atoms with Gasteiger partial charge in [-0.25, -0.2) is 4.79 Å². The second-order valence-electron chi connectivity index (χ2n) is 6.24. The van der Waals surface area contributed by atoms with Gasteiger partial charge in [0, 0.05) is 19.0 Å². The van der Waals surface area contributed by atoms with E-state index in [0.717, 1.165) is 45.1 Å². The fraction of sp³-hybridized carbons (Fsp3) is 0.875. The topological polar surface area (TPSA) is 66.8 Å². The molecule has 0 aliphatic heterocycles. The maximum absolute atomic E-state index is 11.9. The molecule has 5 heteroatoms. The second kappa shape index (κ2) is 8.90. The Kier molecular flexibility index (Phi) is 7.54. The van der Waals surface area contributed by atoms with Crippen LogP contribution in [0.2, 0.25) is 0 Å². The Morgan fingerprint density at radius 1 is 1.24 bits per heavy atom. The van der Waals surface area contributed by atoms with Gasteiger partial charge in [0.25, 0.3) is 0 Å². The second-order valence-corrected chi connectivity index (χ2v) is 6.24. The van der Waals surface area contributed by atoms with Gasteiger partial charge >= 0.3 is 12.1 Å². The summed E-state index contributed by atoms with van der Waals surface area (Å²) in [7, 11) is 1.43. The smallest absolute Gasteiger partial charge is 0.409 e. The first-order valence-electron chi connectivity index (χ1n) is 8.04. The molecule has 1 atom stereocenters. The van der Waals surface area contributed by atoms with E-state index in [1.54, 1.807) is 0 Å². The Morgan fingerprint density at radius 2 is 1.81 bits per heavy atom. The number of rotatable bonds is 7. The van der Waals surface area contributed by atoms with E-state index in [9.17, 15) is 9.59 Å². The van der Waals surface area contributed by atoms with Gasteiger partial charge in [0.05, 0.1) is 7.11 Å². The number of methoxy groups -OCH3 is 1. The van der Waals surface area contributed by atoms with Crippen molar-refractivity contribution < 1.29 is 19.4 Å². The van der Waals surface area contributed by atoms with Crippen molar-refractivity contribution in [2.45, 2.75) is 64.8 Å². The molecule has 0 spiro atoms. The van der Waals surface area contributed by atoms with Crippen LogP contribution >= 0.6 is 0 Å². The summed E-state index contributed by atoms with van der Waals surface area (Å²) in [5.41, 5.74) is 0. The zero-order valence-electron chi connectivity index (χ0n) is 13.5. The highest BCUT2D eigenvalue weighted by Gasteiger charge is 2.28. The molecule has 122 valence electrons. The maximum Gasteiger partial charge on any atom is 0.409 e. The lowest BCUT2D eigenvalue weighted by Gasteiger charge is -2.34. The van der Waals surface area contributed by atoms with E-state index in [-0.39, 0.29) is 18.6 Å². The monoisotopic (exact) mass is 299 g/mol. The average molecular weight is 299 g/mol. The van der Waals surface area contributed by atoms with Crippen molar-refractivity contribution in [3.05, 3.63) is 0 Å². The molecule has 1 amide bonds. The van der Waals surface area contributed by atoms with Crippen LogP contribution in [0.15, 0.2) is 0 Å². The summed E-state index contributed by atoms with van der Waals surface area (Å²) in [6, 6.07) is 0.194. The van der Waals surface area contributed by atoms with E-state index in [2.05, 4.69) is 13.8 Å². The molecule has 1 saturated carbocycles. The SMILES string of the molecule is CCCC(C)N(CC1CCC(CC(=O)O)CC1)C(=O)OC. The molecular formula is C16H29NO4. The molecule has 0 heterocycles. The van der Waals surface area contributed by atoms with Crippen LogP contribution < -0.4 is 0 Å². The number of hydrogen-bond acceptors (Lipinski definition) is 3. The van der Waals surface area contributed by atoms with E-state index in [4.69, 9.17) is 9.84 Å². The first-order chi connectivity index (χ1) is 9.97. The number of aliphatic carboxylic acids is 1. The van der Waals surface area contributed by atoms with Crippen molar-refractivity contribution in [2.75, 3.05) is 13.7 Å². The van der Waals surface area contributed by atoms with Crippen molar-refractivity contribution in [1.29, 1.82) is 0 Å². The third-order valence-corrected chi connectivity index (χ3v) is 4.53. The first-order valence-corrected chi connectivity index (χ1v) is 8.04. The fourth-order valence-electron chi connectivity index (χ4n) is 3.27. The van der Waals surface area contributed by atoms with Gasteiger partial charge in [0.2, 0.25) is 0 Å². The predicted octanol–water partition coefficient (Wildman–Crippen LogP) is 3.52. The number of carbonyl (C=O) groups excluding carboxylic acids is 1. The molecule has 1 fully saturated rings. The van der Waals surface area contributed by atoms with Gasteiger partial charge in [-0.15, -0.1) is 0 Å². The Bertz CT molecular complexity index is 337. The van der Waals surface area contributed by atoms with Crippen molar-refractivity contribution in [3.8, 4) is 0 Å². The summed E-state index contributed by atoms with van der Waals surface area (Å²) < 4.78 is 4.90. The molecule has 1 aliphatic rings. The molecule has 0 aromatic carbocycles. The number of carbonyl (C=O) groups is 2. The van der Waals surface area contributed by atoms with Crippen LogP contribution in [0.5, 0.6) is 0 Å². The zero-order valence-corrected chi connectivity index (χ0v) is 13.5. The predicted molar refractivity (Wildman–Crippen MR) is 81.2 cm³/mol. The van der Waals surface area contributed by atoms with E-state index < -0.39 is 5.97 Å². The summed E-state index contributed by atoms with van der Waals surface area (Å²) >= 11 is 0. The minimum absolute atomic E-state index is 0.194. The number of nitrogens with zero attached hydrogens (tertiary/aromatic N) is 1. The van der Waals surface area contributed by atoms with Crippen LogP contribution in [0.4, 0.5) is 4.79 Å². The minimum Gasteiger partial charge on any atom is -0.481 e. The van der Waals surface area contributed by atoms with Gasteiger partial charge in [-0.05, 0) is 50.9 Å². The van der Waals surface area contributed by atoms with Crippen LogP contribution in [0.25, 0.3) is 0 Å². The highest BCUT2D eigenvalue weighted by atomic mass is 16.5. The summed E-state index contributed by atoms with van der Waals surface area (Å²) in [4.78, 5) is 24.5. The quantitative estimate of drug-likeness (QED) is 0.781. The van der Waals surface area contributed by atoms with Crippen LogP contribution in [0, 0.1) is 11.8 Å². The summed E-state index contributed by atoms with van der Waals surface area (Å²) in [5, 5.41) is 8.84. The molecule has 1 aliphatic carbocycles. The van der Waals surface area contributed by atoms with Crippen molar-refractivity contribution in [3.63, 3.8) is 0 Å². The maximum atomic E-state index is 11.9. The van der Waals surface area contributed by atoms with Crippen molar-refractivity contribution in [2.24, 2.45) is 11.8 Å². The van der Waals surface area contributed by atoms with E-state index in [1.807, 2.05) is 4.90 Å². The molecule has 0 aromatic heterocycles. The zero-order chi connectivity index (χ0) is 15.8. The fourth-order valence-corrected chi connectivity index (χ4v) is 3.27. The van der Waals surface area contributed by atoms with Crippen LogP contribution in [0.1, 0.15) is 58.8 Å². The Balaban J connectivity index is 2.49. The Hall–Kier alpha value is -1.26. The lowest BCUT2D eigenvalue weighted by atomic mass is 9.80. The van der Waals surface area contributed by atoms with Crippen LogP contribution in [0.3, 0.4) is 0 Å². The molecule has 1 unspecified atom stereocenters. The lowest BCUT2D eigenvalue weighted by Crippen LogP contribution is -2.42. The third kappa shape index (κ3) is 5.94. The molecule has 1 rings (SSSR count). The van der Waals surface area contributed by atoms with Gasteiger partial charge in [-0.3, -0.25) is 4.79 Å². The summed E-state index contributed by atoms with van der Waals surface area (Å²) in [6.07, 6.45) is 5.96. The highest BCUT2D eigenvalue weighted by molar-refractivity contribution is 5.68. The largest absolute Gasteiger partial charge is 0.481 e. The molecule has 0 saturated heterocycles. The standard InChI is InChI=1S/C16H29NO4/c1-4-5-12(2)17(16(20)21-3)11-14-8-6-13(7-9-14)10-15(18)19/h12-14H,4-11H2,1-3H3,(H,18,19). The van der Waals surface area contributed by atoms with Crippen LogP contribution in [-0.2, 0) is 9.53 Å². The van der Waals surface area contributed by atoms with E-state index >= 15 is 0 Å². The molecule has 0 radical (unpaired) electrons. The summed E-state index contributed by atoms with van der Waals surface area (Å²) in [5.74, 6) is 0.0676. The normalized spacial score (nSPS) is 23.4. The molecular weight excluding hydrogens is 270 g/mol. The van der Waals surface area contributed by atoms with Gasteiger partial charge < -0.3 is 14.7 Å². The number of hydrogen-bond donors (Lipinski definition) is 1. The number of ether oxygens (including phenoxy) is 1. The van der Waals surface area contributed by atoms with Gasteiger partial charge in [-0.1, -0.05) is 13.3 Å². The highest BCUT2D eigenvalue weighted by Crippen LogP contribution is 2.31. The van der Waals surface area contributed by atoms with Gasteiger partial charge in [-0.2, -0.15) is 0 Å². The minimum atomic E-state index is -0.703. The molecule has 1 N–H and O–H groups in total. The average Bonchev–Trinajstić information content (AvgIpc) is 2.45. The number of amides is 1. The number of carboxylic acid groups (broad SMARTS) is 1. The summed E-state index contributed by atoms with van der Waals surface area (Å²) in [6.45, 7) is 4.91. The van der Waals surface area contributed by atoms with Crippen LogP contribution in [-0.4, -0.2) is 41.8 Å².